The van der Waals surface area contributed by atoms with Crippen molar-refractivity contribution in [3.05, 3.63) is 29.3 Å². The lowest BCUT2D eigenvalue weighted by molar-refractivity contribution is 0.281. The Bertz CT molecular complexity index is 400. The Morgan fingerprint density at radius 2 is 1.89 bits per heavy atom. The largest absolute Gasteiger partial charge is 0.395 e. The maximum atomic E-state index is 9.32. The molecule has 2 N–H and O–H groups in total. The van der Waals surface area contributed by atoms with Crippen molar-refractivity contribution < 1.29 is 10.2 Å². The number of aliphatic hydroxyl groups is 2. The van der Waals surface area contributed by atoms with Gasteiger partial charge in [0.05, 0.1) is 13.2 Å². The number of hydrogen-bond acceptors (Lipinski definition) is 3. The molecule has 3 heteroatoms. The molecular weight excluding hydrogens is 238 g/mol. The van der Waals surface area contributed by atoms with Crippen LogP contribution in [0.3, 0.4) is 0 Å². The molecule has 0 spiro atoms. The number of rotatable bonds is 5. The highest BCUT2D eigenvalue weighted by atomic mass is 16.3. The molecule has 2 rings (SSSR count). The van der Waals surface area contributed by atoms with Gasteiger partial charge in [0, 0.05) is 18.3 Å². The molecule has 0 heterocycles. The van der Waals surface area contributed by atoms with Crippen LogP contribution in [-0.2, 0) is 6.61 Å². The van der Waals surface area contributed by atoms with Gasteiger partial charge in [-0.25, -0.2) is 0 Å². The van der Waals surface area contributed by atoms with Crippen molar-refractivity contribution in [2.75, 3.05) is 18.1 Å². The van der Waals surface area contributed by atoms with Gasteiger partial charge in [-0.1, -0.05) is 25.3 Å². The summed E-state index contributed by atoms with van der Waals surface area (Å²) in [6.45, 7) is 3.02. The third kappa shape index (κ3) is 3.48. The average Bonchev–Trinajstić information content (AvgIpc) is 2.45. The molecule has 1 aliphatic rings. The summed E-state index contributed by atoms with van der Waals surface area (Å²) in [5.74, 6) is 0. The minimum atomic E-state index is 0.0928. The molecule has 0 amide bonds. The van der Waals surface area contributed by atoms with Gasteiger partial charge in [0.25, 0.3) is 0 Å². The molecule has 1 saturated carbocycles. The van der Waals surface area contributed by atoms with E-state index in [4.69, 9.17) is 0 Å². The third-order valence-corrected chi connectivity index (χ3v) is 4.18. The third-order valence-electron chi connectivity index (χ3n) is 4.18. The van der Waals surface area contributed by atoms with Crippen LogP contribution in [0.25, 0.3) is 0 Å². The fraction of sp³-hybridized carbons (Fsp3) is 0.625. The van der Waals surface area contributed by atoms with Gasteiger partial charge < -0.3 is 15.1 Å². The van der Waals surface area contributed by atoms with Crippen LogP contribution in [-0.4, -0.2) is 29.4 Å². The second kappa shape index (κ2) is 6.92. The average molecular weight is 263 g/mol. The molecule has 106 valence electrons. The molecule has 0 saturated heterocycles. The SMILES string of the molecule is Cc1cc(N(CCO)C2CCCCC2)ccc1CO. The van der Waals surface area contributed by atoms with E-state index in [1.54, 1.807) is 0 Å². The maximum absolute atomic E-state index is 9.32. The van der Waals surface area contributed by atoms with Crippen molar-refractivity contribution in [1.29, 1.82) is 0 Å². The molecule has 0 aromatic heterocycles. The summed E-state index contributed by atoms with van der Waals surface area (Å²) >= 11 is 0. The topological polar surface area (TPSA) is 43.7 Å². The van der Waals surface area contributed by atoms with Crippen molar-refractivity contribution in [2.24, 2.45) is 0 Å². The Hall–Kier alpha value is -1.06. The van der Waals surface area contributed by atoms with Gasteiger partial charge in [-0.3, -0.25) is 0 Å². The molecule has 1 aromatic carbocycles. The summed E-state index contributed by atoms with van der Waals surface area (Å²) in [7, 11) is 0. The molecule has 1 aromatic rings. The number of aliphatic hydroxyl groups excluding tert-OH is 2. The van der Waals surface area contributed by atoms with E-state index in [0.717, 1.165) is 11.1 Å². The van der Waals surface area contributed by atoms with E-state index in [-0.39, 0.29) is 13.2 Å². The summed E-state index contributed by atoms with van der Waals surface area (Å²) in [5.41, 5.74) is 3.28. The molecule has 3 nitrogen and oxygen atoms in total. The molecule has 0 aliphatic heterocycles. The first-order valence-corrected chi connectivity index (χ1v) is 7.34. The van der Waals surface area contributed by atoms with Crippen LogP contribution >= 0.6 is 0 Å². The van der Waals surface area contributed by atoms with Gasteiger partial charge in [0.2, 0.25) is 0 Å². The molecule has 0 atom stereocenters. The summed E-state index contributed by atoms with van der Waals surface area (Å²) in [6.07, 6.45) is 6.37. The summed E-state index contributed by atoms with van der Waals surface area (Å²) < 4.78 is 0. The van der Waals surface area contributed by atoms with Crippen molar-refractivity contribution in [2.45, 2.75) is 51.7 Å². The lowest BCUT2D eigenvalue weighted by atomic mass is 9.93. The molecule has 1 fully saturated rings. The Morgan fingerprint density at radius 1 is 1.16 bits per heavy atom. The first kappa shape index (κ1) is 14.4. The highest BCUT2D eigenvalue weighted by molar-refractivity contribution is 5.51. The van der Waals surface area contributed by atoms with E-state index in [1.807, 2.05) is 13.0 Å². The zero-order chi connectivity index (χ0) is 13.7. The van der Waals surface area contributed by atoms with Gasteiger partial charge in [-0.05, 0) is 43.0 Å². The van der Waals surface area contributed by atoms with Gasteiger partial charge in [-0.15, -0.1) is 0 Å². The highest BCUT2D eigenvalue weighted by Crippen LogP contribution is 2.28. The second-order valence-corrected chi connectivity index (χ2v) is 5.48. The maximum Gasteiger partial charge on any atom is 0.0684 e. The van der Waals surface area contributed by atoms with Gasteiger partial charge in [-0.2, -0.15) is 0 Å². The van der Waals surface area contributed by atoms with Crippen LogP contribution in [0.4, 0.5) is 5.69 Å². The van der Waals surface area contributed by atoms with Crippen molar-refractivity contribution in [3.63, 3.8) is 0 Å². The number of hydrogen-bond donors (Lipinski definition) is 2. The highest BCUT2D eigenvalue weighted by Gasteiger charge is 2.21. The Kier molecular flexibility index (Phi) is 5.23. The van der Waals surface area contributed by atoms with Crippen LogP contribution in [0.5, 0.6) is 0 Å². The van der Waals surface area contributed by atoms with E-state index in [0.29, 0.717) is 12.6 Å². The molecule has 0 unspecified atom stereocenters. The Labute approximate surface area is 115 Å². The van der Waals surface area contributed by atoms with E-state index < -0.39 is 0 Å². The number of aryl methyl sites for hydroxylation is 1. The minimum absolute atomic E-state index is 0.0928. The number of nitrogens with zero attached hydrogens (tertiary/aromatic N) is 1. The quantitative estimate of drug-likeness (QED) is 0.858. The molecule has 1 aliphatic carbocycles. The zero-order valence-electron chi connectivity index (χ0n) is 11.8. The molecular formula is C16H25NO2. The first-order valence-electron chi connectivity index (χ1n) is 7.34. The van der Waals surface area contributed by atoms with Crippen LogP contribution in [0.1, 0.15) is 43.2 Å². The van der Waals surface area contributed by atoms with E-state index in [2.05, 4.69) is 17.0 Å². The molecule has 19 heavy (non-hydrogen) atoms. The fourth-order valence-electron chi connectivity index (χ4n) is 3.06. The van der Waals surface area contributed by atoms with Crippen LogP contribution in [0, 0.1) is 6.92 Å². The lowest BCUT2D eigenvalue weighted by Crippen LogP contribution is -2.38. The smallest absolute Gasteiger partial charge is 0.0684 e. The second-order valence-electron chi connectivity index (χ2n) is 5.48. The molecule has 0 radical (unpaired) electrons. The van der Waals surface area contributed by atoms with Crippen LogP contribution < -0.4 is 4.90 Å². The fourth-order valence-corrected chi connectivity index (χ4v) is 3.06. The predicted octanol–water partition coefficient (Wildman–Crippen LogP) is 2.62. The number of benzene rings is 1. The van der Waals surface area contributed by atoms with Gasteiger partial charge in [0.1, 0.15) is 0 Å². The molecule has 0 bridgehead atoms. The normalized spacial score (nSPS) is 16.6. The van der Waals surface area contributed by atoms with Gasteiger partial charge in [0.15, 0.2) is 0 Å². The lowest BCUT2D eigenvalue weighted by Gasteiger charge is -2.36. The predicted molar refractivity (Wildman–Crippen MR) is 78.4 cm³/mol. The van der Waals surface area contributed by atoms with Gasteiger partial charge >= 0.3 is 0 Å². The van der Waals surface area contributed by atoms with Crippen molar-refractivity contribution in [3.8, 4) is 0 Å². The van der Waals surface area contributed by atoms with E-state index >= 15 is 0 Å². The Morgan fingerprint density at radius 3 is 2.47 bits per heavy atom. The minimum Gasteiger partial charge on any atom is -0.395 e. The zero-order valence-corrected chi connectivity index (χ0v) is 11.8. The summed E-state index contributed by atoms with van der Waals surface area (Å²) in [4.78, 5) is 2.34. The summed E-state index contributed by atoms with van der Waals surface area (Å²) in [5, 5.41) is 18.6. The Balaban J connectivity index is 2.19. The van der Waals surface area contributed by atoms with E-state index in [1.165, 1.54) is 37.8 Å². The summed E-state index contributed by atoms with van der Waals surface area (Å²) in [6, 6.07) is 6.76. The standard InChI is InChI=1S/C16H25NO2/c1-13-11-16(8-7-14(13)12-19)17(9-10-18)15-5-3-2-4-6-15/h7-8,11,15,18-19H,2-6,9-10,12H2,1H3. The first-order chi connectivity index (χ1) is 9.26. The van der Waals surface area contributed by atoms with Crippen LogP contribution in [0.15, 0.2) is 18.2 Å². The van der Waals surface area contributed by atoms with Crippen molar-refractivity contribution >= 4 is 5.69 Å². The van der Waals surface area contributed by atoms with Crippen LogP contribution in [0.2, 0.25) is 0 Å². The van der Waals surface area contributed by atoms with E-state index in [9.17, 15) is 10.2 Å². The number of anilines is 1. The monoisotopic (exact) mass is 263 g/mol. The van der Waals surface area contributed by atoms with Crippen molar-refractivity contribution in [1.82, 2.24) is 0 Å².